The van der Waals surface area contributed by atoms with Crippen molar-refractivity contribution < 1.29 is 14.0 Å². The normalized spacial score (nSPS) is 9.88. The van der Waals surface area contributed by atoms with Crippen LogP contribution in [0.2, 0.25) is 0 Å². The Labute approximate surface area is 199 Å². The van der Waals surface area contributed by atoms with Crippen LogP contribution in [0.5, 0.6) is 0 Å². The zero-order chi connectivity index (χ0) is 24.4. The Morgan fingerprint density at radius 1 is 0.912 bits per heavy atom. The maximum Gasteiger partial charge on any atom is 0.221 e. The number of hydrogen-bond acceptors (Lipinski definition) is 4. The molecule has 1 heterocycles. The van der Waals surface area contributed by atoms with Crippen LogP contribution in [0.1, 0.15) is 36.1 Å². The number of aromatic nitrogens is 3. The molecule has 2 amide bonds. The highest BCUT2D eigenvalue weighted by Crippen LogP contribution is 2.01. The smallest absolute Gasteiger partial charge is 0.221 e. The van der Waals surface area contributed by atoms with E-state index in [1.54, 1.807) is 6.20 Å². The summed E-state index contributed by atoms with van der Waals surface area (Å²) in [4.78, 5) is 22.9. The molecule has 3 rings (SSSR count). The molecule has 0 aliphatic heterocycles. The van der Waals surface area contributed by atoms with E-state index in [1.807, 2.05) is 60.7 Å². The predicted molar refractivity (Wildman–Crippen MR) is 129 cm³/mol. The van der Waals surface area contributed by atoms with Gasteiger partial charge in [-0.1, -0.05) is 65.9 Å². The van der Waals surface area contributed by atoms with E-state index in [-0.39, 0.29) is 18.4 Å². The zero-order valence-electron chi connectivity index (χ0n) is 19.1. The molecule has 0 fully saturated rings. The van der Waals surface area contributed by atoms with Crippen LogP contribution < -0.4 is 10.6 Å². The number of terminal acetylenes is 1. The van der Waals surface area contributed by atoms with Gasteiger partial charge in [-0.3, -0.25) is 9.59 Å². The van der Waals surface area contributed by atoms with Crippen LogP contribution >= 0.6 is 0 Å². The van der Waals surface area contributed by atoms with Gasteiger partial charge >= 0.3 is 0 Å². The van der Waals surface area contributed by atoms with Crippen molar-refractivity contribution in [3.8, 4) is 12.3 Å². The number of benzene rings is 2. The molecule has 0 spiro atoms. The fourth-order valence-electron chi connectivity index (χ4n) is 2.85. The fourth-order valence-corrected chi connectivity index (χ4v) is 2.85. The predicted octanol–water partition coefficient (Wildman–Crippen LogP) is 3.21. The number of rotatable bonds is 11. The quantitative estimate of drug-likeness (QED) is 0.428. The number of carbonyl (C=O) groups excluding carboxylic acids is 2. The first-order valence-corrected chi connectivity index (χ1v) is 11.1. The third-order valence-electron chi connectivity index (χ3n) is 4.67. The van der Waals surface area contributed by atoms with Crippen LogP contribution in [0.25, 0.3) is 0 Å². The molecular weight excluding hydrogens is 433 g/mol. The van der Waals surface area contributed by atoms with Crippen LogP contribution in [0.3, 0.4) is 0 Å². The molecule has 0 unspecified atom stereocenters. The van der Waals surface area contributed by atoms with Gasteiger partial charge in [0.2, 0.25) is 11.8 Å². The maximum absolute atomic E-state index is 12.1. The van der Waals surface area contributed by atoms with Crippen molar-refractivity contribution in [2.45, 2.75) is 45.3 Å². The summed E-state index contributed by atoms with van der Waals surface area (Å²) in [7, 11) is 0. The van der Waals surface area contributed by atoms with Crippen molar-refractivity contribution in [3.63, 3.8) is 0 Å². The molecule has 1 aromatic heterocycles. The van der Waals surface area contributed by atoms with Crippen LogP contribution in [-0.2, 0) is 35.6 Å². The first-order chi connectivity index (χ1) is 16.6. The Balaban J connectivity index is 0.000000257. The van der Waals surface area contributed by atoms with E-state index >= 15 is 0 Å². The molecule has 0 bridgehead atoms. The molecule has 2 aromatic carbocycles. The maximum atomic E-state index is 12.1. The first-order valence-electron chi connectivity index (χ1n) is 11.1. The highest BCUT2D eigenvalue weighted by Gasteiger charge is 2.05. The van der Waals surface area contributed by atoms with Gasteiger partial charge in [0.25, 0.3) is 0 Å². The molecule has 0 saturated carbocycles. The lowest BCUT2D eigenvalue weighted by atomic mass is 10.2. The van der Waals surface area contributed by atoms with Gasteiger partial charge in [-0.05, 0) is 11.1 Å². The number of halogens is 1. The van der Waals surface area contributed by atoms with Crippen LogP contribution in [0, 0.1) is 12.3 Å². The Kier molecular flexibility index (Phi) is 12.2. The standard InChI is InChI=1S/C14H17FN4O.C12H13NO/c15-8-9-19-11-13(17-18-19)6-7-14(20)16-10-12-4-2-1-3-5-12;1-2-3-9-12(14)13-10-11-7-5-4-6-8-11/h1-5,11H,6-10H2,(H,16,20);1,4-8H,3,9-10H2,(H,13,14). The molecule has 0 atom stereocenters. The third-order valence-corrected chi connectivity index (χ3v) is 4.67. The molecule has 0 aliphatic rings. The number of carbonyl (C=O) groups is 2. The monoisotopic (exact) mass is 463 g/mol. The molecule has 2 N–H and O–H groups in total. The average molecular weight is 464 g/mol. The molecule has 3 aromatic rings. The van der Waals surface area contributed by atoms with E-state index < -0.39 is 6.67 Å². The van der Waals surface area contributed by atoms with Gasteiger partial charge in [0, 0.05) is 45.0 Å². The Morgan fingerprint density at radius 3 is 2.00 bits per heavy atom. The number of nitrogens with one attached hydrogen (secondary N) is 2. The van der Waals surface area contributed by atoms with Gasteiger partial charge in [-0.15, -0.1) is 17.4 Å². The van der Waals surface area contributed by atoms with Gasteiger partial charge in [-0.2, -0.15) is 0 Å². The average Bonchev–Trinajstić information content (AvgIpc) is 3.33. The molecule has 0 aliphatic carbocycles. The van der Waals surface area contributed by atoms with Gasteiger partial charge in [0.05, 0.1) is 12.2 Å². The van der Waals surface area contributed by atoms with Crippen molar-refractivity contribution >= 4 is 11.8 Å². The first kappa shape index (κ1) is 26.3. The molecular formula is C26H30FN5O2. The molecule has 8 heteroatoms. The second-order valence-corrected chi connectivity index (χ2v) is 7.39. The SMILES string of the molecule is C#CCCC(=O)NCc1ccccc1.O=C(CCc1cn(CCF)nn1)NCc1ccccc1. The molecule has 7 nitrogen and oxygen atoms in total. The van der Waals surface area contributed by atoms with Crippen molar-refractivity contribution in [3.05, 3.63) is 83.7 Å². The lowest BCUT2D eigenvalue weighted by molar-refractivity contribution is -0.122. The number of hydrogen-bond donors (Lipinski definition) is 2. The molecule has 0 radical (unpaired) electrons. The largest absolute Gasteiger partial charge is 0.352 e. The van der Waals surface area contributed by atoms with E-state index in [0.29, 0.717) is 44.5 Å². The number of aryl methyl sites for hydroxylation is 2. The molecule has 178 valence electrons. The van der Waals surface area contributed by atoms with Crippen LogP contribution in [0.4, 0.5) is 4.39 Å². The minimum atomic E-state index is -0.472. The van der Waals surface area contributed by atoms with Gasteiger partial charge in [-0.25, -0.2) is 9.07 Å². The number of amides is 2. The summed E-state index contributed by atoms with van der Waals surface area (Å²) in [5.41, 5.74) is 2.87. The lowest BCUT2D eigenvalue weighted by Crippen LogP contribution is -2.22. The third kappa shape index (κ3) is 11.0. The minimum absolute atomic E-state index is 0.00630. The van der Waals surface area contributed by atoms with Crippen molar-refractivity contribution in [2.24, 2.45) is 0 Å². The Hall–Kier alpha value is -3.99. The molecule has 0 saturated heterocycles. The zero-order valence-corrected chi connectivity index (χ0v) is 19.1. The van der Waals surface area contributed by atoms with Crippen molar-refractivity contribution in [2.75, 3.05) is 6.67 Å². The summed E-state index contributed by atoms with van der Waals surface area (Å²) in [6.45, 7) is 0.825. The number of nitrogens with zero attached hydrogens (tertiary/aromatic N) is 3. The summed E-state index contributed by atoms with van der Waals surface area (Å²) in [5.74, 6) is 2.41. The molecule has 34 heavy (non-hydrogen) atoms. The van der Waals surface area contributed by atoms with Gasteiger partial charge in [0.15, 0.2) is 0 Å². The van der Waals surface area contributed by atoms with E-state index in [1.165, 1.54) is 4.68 Å². The second kappa shape index (κ2) is 15.8. The summed E-state index contributed by atoms with van der Waals surface area (Å²) >= 11 is 0. The number of alkyl halides is 1. The van der Waals surface area contributed by atoms with E-state index in [0.717, 1.165) is 11.1 Å². The highest BCUT2D eigenvalue weighted by atomic mass is 19.1. The minimum Gasteiger partial charge on any atom is -0.352 e. The summed E-state index contributed by atoms with van der Waals surface area (Å²) in [6.07, 6.45) is 8.49. The second-order valence-electron chi connectivity index (χ2n) is 7.39. The topological polar surface area (TPSA) is 88.9 Å². The van der Waals surface area contributed by atoms with E-state index in [2.05, 4.69) is 26.9 Å². The van der Waals surface area contributed by atoms with Crippen molar-refractivity contribution in [1.29, 1.82) is 0 Å². The summed E-state index contributed by atoms with van der Waals surface area (Å²) in [5, 5.41) is 13.3. The van der Waals surface area contributed by atoms with E-state index in [4.69, 9.17) is 6.42 Å². The lowest BCUT2D eigenvalue weighted by Gasteiger charge is -2.04. The summed E-state index contributed by atoms with van der Waals surface area (Å²) < 4.78 is 13.6. The van der Waals surface area contributed by atoms with Crippen molar-refractivity contribution in [1.82, 2.24) is 25.6 Å². The van der Waals surface area contributed by atoms with Gasteiger partial charge in [0.1, 0.15) is 6.67 Å². The highest BCUT2D eigenvalue weighted by molar-refractivity contribution is 5.76. The van der Waals surface area contributed by atoms with Crippen LogP contribution in [-0.4, -0.2) is 33.5 Å². The van der Waals surface area contributed by atoms with Gasteiger partial charge < -0.3 is 10.6 Å². The van der Waals surface area contributed by atoms with Crippen LogP contribution in [0.15, 0.2) is 66.9 Å². The fraction of sp³-hybridized carbons (Fsp3) is 0.308. The Morgan fingerprint density at radius 2 is 1.47 bits per heavy atom. The van der Waals surface area contributed by atoms with E-state index in [9.17, 15) is 14.0 Å². The Bertz CT molecular complexity index is 1030. The summed E-state index contributed by atoms with van der Waals surface area (Å²) in [6, 6.07) is 19.5.